The maximum absolute atomic E-state index is 10.4. The molecule has 0 amide bonds. The summed E-state index contributed by atoms with van der Waals surface area (Å²) in [5, 5.41) is 11.5. The summed E-state index contributed by atoms with van der Waals surface area (Å²) in [7, 11) is 1.62. The molecule has 2 nitrogen and oxygen atoms in total. The van der Waals surface area contributed by atoms with Gasteiger partial charge in [0, 0.05) is 22.0 Å². The molecule has 0 aliphatic rings. The molecule has 0 fully saturated rings. The van der Waals surface area contributed by atoms with E-state index in [0.29, 0.717) is 22.0 Å². The van der Waals surface area contributed by atoms with E-state index in [2.05, 4.69) is 0 Å². The molecule has 0 bridgehead atoms. The van der Waals surface area contributed by atoms with E-state index in [1.165, 1.54) is 0 Å². The summed E-state index contributed by atoms with van der Waals surface area (Å²) in [6.07, 6.45) is -0.304. The molecule has 4 heteroatoms. The third kappa shape index (κ3) is 3.45. The number of halogens is 2. The summed E-state index contributed by atoms with van der Waals surface area (Å²) < 4.78 is 5.32. The van der Waals surface area contributed by atoms with Gasteiger partial charge < -0.3 is 9.84 Å². The van der Waals surface area contributed by atoms with Gasteiger partial charge in [-0.2, -0.15) is 0 Å². The molecule has 1 atom stereocenters. The zero-order valence-corrected chi connectivity index (χ0v) is 12.9. The Morgan fingerprint density at radius 1 is 1.15 bits per heavy atom. The Kier molecular flexibility index (Phi) is 4.92. The minimum absolute atomic E-state index is 0.422. The van der Waals surface area contributed by atoms with Crippen LogP contribution in [0.4, 0.5) is 0 Å². The molecule has 0 spiro atoms. The van der Waals surface area contributed by atoms with Crippen LogP contribution in [0.3, 0.4) is 0 Å². The Morgan fingerprint density at radius 2 is 1.90 bits per heavy atom. The smallest absolute Gasteiger partial charge is 0.122 e. The van der Waals surface area contributed by atoms with Crippen molar-refractivity contribution >= 4 is 23.2 Å². The zero-order chi connectivity index (χ0) is 14.7. The van der Waals surface area contributed by atoms with E-state index < -0.39 is 6.10 Å². The standard InChI is InChI=1S/C16H16Cl2O2/c1-10-3-6-16(20-2)11(7-10)8-15(19)13-9-12(17)4-5-14(13)18/h3-7,9,15,19H,8H2,1-2H3. The normalized spacial score (nSPS) is 12.2. The van der Waals surface area contributed by atoms with Crippen LogP contribution in [0.2, 0.25) is 10.0 Å². The second kappa shape index (κ2) is 6.49. The molecule has 0 aliphatic carbocycles. The van der Waals surface area contributed by atoms with Crippen molar-refractivity contribution < 1.29 is 9.84 Å². The van der Waals surface area contributed by atoms with Crippen LogP contribution in [0.25, 0.3) is 0 Å². The monoisotopic (exact) mass is 310 g/mol. The maximum Gasteiger partial charge on any atom is 0.122 e. The summed E-state index contributed by atoms with van der Waals surface area (Å²) in [5.41, 5.74) is 2.68. The Balaban J connectivity index is 2.29. The highest BCUT2D eigenvalue weighted by Crippen LogP contribution is 2.31. The molecule has 2 aromatic rings. The van der Waals surface area contributed by atoms with Gasteiger partial charge in [0.25, 0.3) is 0 Å². The van der Waals surface area contributed by atoms with Gasteiger partial charge in [0.05, 0.1) is 13.2 Å². The van der Waals surface area contributed by atoms with E-state index in [1.54, 1.807) is 25.3 Å². The molecule has 0 aliphatic heterocycles. The summed E-state index contributed by atoms with van der Waals surface area (Å²) in [6, 6.07) is 11.0. The first-order valence-corrected chi connectivity index (χ1v) is 7.03. The maximum atomic E-state index is 10.4. The molecule has 0 saturated carbocycles. The van der Waals surface area contributed by atoms with E-state index in [9.17, 15) is 5.11 Å². The number of benzene rings is 2. The predicted octanol–water partition coefficient (Wildman–Crippen LogP) is 4.59. The molecule has 1 N–H and O–H groups in total. The molecule has 0 aromatic heterocycles. The van der Waals surface area contributed by atoms with Crippen molar-refractivity contribution in [1.82, 2.24) is 0 Å². The minimum Gasteiger partial charge on any atom is -0.496 e. The lowest BCUT2D eigenvalue weighted by Gasteiger charge is -2.16. The van der Waals surface area contributed by atoms with E-state index in [-0.39, 0.29) is 0 Å². The lowest BCUT2D eigenvalue weighted by molar-refractivity contribution is 0.177. The molecule has 2 aromatic carbocycles. The molecule has 1 unspecified atom stereocenters. The summed E-state index contributed by atoms with van der Waals surface area (Å²) in [5.74, 6) is 0.757. The summed E-state index contributed by atoms with van der Waals surface area (Å²) >= 11 is 12.1. The second-order valence-electron chi connectivity index (χ2n) is 4.70. The first-order chi connectivity index (χ1) is 9.51. The van der Waals surface area contributed by atoms with Crippen molar-refractivity contribution in [2.24, 2.45) is 0 Å². The molecular weight excluding hydrogens is 295 g/mol. The van der Waals surface area contributed by atoms with Gasteiger partial charge in [0.15, 0.2) is 0 Å². The minimum atomic E-state index is -0.725. The second-order valence-corrected chi connectivity index (χ2v) is 5.54. The lowest BCUT2D eigenvalue weighted by atomic mass is 9.99. The van der Waals surface area contributed by atoms with E-state index >= 15 is 0 Å². The number of methoxy groups -OCH3 is 1. The highest BCUT2D eigenvalue weighted by atomic mass is 35.5. The SMILES string of the molecule is COc1ccc(C)cc1CC(O)c1cc(Cl)ccc1Cl. The van der Waals surface area contributed by atoms with Crippen LogP contribution in [0.5, 0.6) is 5.75 Å². The largest absolute Gasteiger partial charge is 0.496 e. The molecule has 2 rings (SSSR count). The van der Waals surface area contributed by atoms with E-state index in [4.69, 9.17) is 27.9 Å². The number of aryl methyl sites for hydroxylation is 1. The van der Waals surface area contributed by atoms with Crippen LogP contribution in [0.1, 0.15) is 22.8 Å². The first kappa shape index (κ1) is 15.2. The van der Waals surface area contributed by atoms with Crippen molar-refractivity contribution in [2.75, 3.05) is 7.11 Å². The topological polar surface area (TPSA) is 29.5 Å². The van der Waals surface area contributed by atoms with Crippen molar-refractivity contribution in [3.8, 4) is 5.75 Å². The van der Waals surface area contributed by atoms with Crippen LogP contribution in [-0.4, -0.2) is 12.2 Å². The summed E-state index contributed by atoms with van der Waals surface area (Å²) in [4.78, 5) is 0. The van der Waals surface area contributed by atoms with Gasteiger partial charge in [-0.05, 0) is 36.8 Å². The van der Waals surface area contributed by atoms with Gasteiger partial charge in [-0.25, -0.2) is 0 Å². The Morgan fingerprint density at radius 3 is 2.60 bits per heavy atom. The number of hydrogen-bond acceptors (Lipinski definition) is 2. The fourth-order valence-corrected chi connectivity index (χ4v) is 2.58. The Hall–Kier alpha value is -1.22. The fraction of sp³-hybridized carbons (Fsp3) is 0.250. The zero-order valence-electron chi connectivity index (χ0n) is 11.4. The molecule has 0 radical (unpaired) electrons. The average molecular weight is 311 g/mol. The van der Waals surface area contributed by atoms with Crippen molar-refractivity contribution in [3.63, 3.8) is 0 Å². The van der Waals surface area contributed by atoms with Crippen LogP contribution in [0.15, 0.2) is 36.4 Å². The van der Waals surface area contributed by atoms with Crippen LogP contribution in [0, 0.1) is 6.92 Å². The van der Waals surface area contributed by atoms with E-state index in [0.717, 1.165) is 16.9 Å². The van der Waals surface area contributed by atoms with Gasteiger partial charge >= 0.3 is 0 Å². The van der Waals surface area contributed by atoms with Crippen molar-refractivity contribution in [1.29, 1.82) is 0 Å². The van der Waals surface area contributed by atoms with E-state index in [1.807, 2.05) is 25.1 Å². The first-order valence-electron chi connectivity index (χ1n) is 6.28. The lowest BCUT2D eigenvalue weighted by Crippen LogP contribution is -2.04. The predicted molar refractivity (Wildman–Crippen MR) is 82.9 cm³/mol. The highest BCUT2D eigenvalue weighted by molar-refractivity contribution is 6.33. The van der Waals surface area contributed by atoms with Gasteiger partial charge in [-0.1, -0.05) is 40.9 Å². The van der Waals surface area contributed by atoms with Gasteiger partial charge in [-0.15, -0.1) is 0 Å². The number of aliphatic hydroxyl groups is 1. The van der Waals surface area contributed by atoms with Crippen LogP contribution < -0.4 is 4.74 Å². The van der Waals surface area contributed by atoms with Gasteiger partial charge in [0.1, 0.15) is 5.75 Å². The quantitative estimate of drug-likeness (QED) is 0.895. The van der Waals surface area contributed by atoms with Crippen LogP contribution in [-0.2, 0) is 6.42 Å². The molecular formula is C16H16Cl2O2. The third-order valence-corrected chi connectivity index (χ3v) is 3.75. The number of ether oxygens (including phenoxy) is 1. The summed E-state index contributed by atoms with van der Waals surface area (Å²) in [6.45, 7) is 2.00. The number of aliphatic hydroxyl groups excluding tert-OH is 1. The van der Waals surface area contributed by atoms with Gasteiger partial charge in [-0.3, -0.25) is 0 Å². The van der Waals surface area contributed by atoms with Crippen molar-refractivity contribution in [2.45, 2.75) is 19.4 Å². The molecule has 0 saturated heterocycles. The highest BCUT2D eigenvalue weighted by Gasteiger charge is 2.15. The average Bonchev–Trinajstić information content (AvgIpc) is 2.41. The van der Waals surface area contributed by atoms with Crippen molar-refractivity contribution in [3.05, 3.63) is 63.1 Å². The molecule has 0 heterocycles. The Labute approximate surface area is 128 Å². The fourth-order valence-electron chi connectivity index (χ4n) is 2.16. The van der Waals surface area contributed by atoms with Gasteiger partial charge in [0.2, 0.25) is 0 Å². The third-order valence-electron chi connectivity index (χ3n) is 3.17. The van der Waals surface area contributed by atoms with Crippen LogP contribution >= 0.6 is 23.2 Å². The molecule has 106 valence electrons. The number of rotatable bonds is 4. The molecule has 20 heavy (non-hydrogen) atoms. The number of hydrogen-bond donors (Lipinski definition) is 1. The Bertz CT molecular complexity index is 611.